The van der Waals surface area contributed by atoms with Gasteiger partial charge in [0, 0.05) is 47.8 Å². The second-order valence-electron chi connectivity index (χ2n) is 11.2. The van der Waals surface area contributed by atoms with Crippen molar-refractivity contribution < 1.29 is 24.3 Å². The lowest BCUT2D eigenvalue weighted by molar-refractivity contribution is -0.158. The molecule has 0 aliphatic carbocycles. The number of hydrogen-bond donors (Lipinski definition) is 4. The van der Waals surface area contributed by atoms with Crippen molar-refractivity contribution in [1.29, 1.82) is 0 Å². The highest BCUT2D eigenvalue weighted by atomic mass is 32.2. The van der Waals surface area contributed by atoms with E-state index in [1.165, 1.54) is 27.7 Å². The summed E-state index contributed by atoms with van der Waals surface area (Å²) in [6, 6.07) is -0.731. The second kappa shape index (κ2) is 10.2. The molecule has 0 saturated carbocycles. The van der Waals surface area contributed by atoms with Crippen LogP contribution in [0.5, 0.6) is 0 Å². The fraction of sp³-hybridized carbons (Fsp3) is 0.708. The van der Waals surface area contributed by atoms with E-state index in [-0.39, 0.29) is 53.2 Å². The van der Waals surface area contributed by atoms with Gasteiger partial charge in [0.25, 0.3) is 0 Å². The van der Waals surface area contributed by atoms with E-state index in [0.29, 0.717) is 29.8 Å². The number of carboxylic acid groups (broad SMARTS) is 1. The highest BCUT2D eigenvalue weighted by molar-refractivity contribution is 8.03. The van der Waals surface area contributed by atoms with Gasteiger partial charge in [-0.25, -0.2) is 9.48 Å². The molecule has 5 aliphatic rings. The van der Waals surface area contributed by atoms with Gasteiger partial charge in [0.1, 0.15) is 18.6 Å². The predicted molar refractivity (Wildman–Crippen MR) is 138 cm³/mol. The lowest BCUT2D eigenvalue weighted by Crippen LogP contribution is -2.66. The van der Waals surface area contributed by atoms with Crippen LogP contribution in [0.4, 0.5) is 0 Å². The minimum absolute atomic E-state index is 0.0200. The van der Waals surface area contributed by atoms with Gasteiger partial charge in [-0.3, -0.25) is 14.4 Å². The van der Waals surface area contributed by atoms with Crippen molar-refractivity contribution in [3.05, 3.63) is 16.9 Å². The number of aliphatic carboxylic acids is 1. The Bertz CT molecular complexity index is 1200. The third-order valence-corrected chi connectivity index (χ3v) is 10.3. The van der Waals surface area contributed by atoms with Crippen molar-refractivity contribution in [1.82, 2.24) is 46.0 Å². The number of nitrogens with zero attached hydrogens (tertiary/aromatic N) is 6. The number of carboxylic acids is 1. The molecule has 3 amide bonds. The zero-order chi connectivity index (χ0) is 27.4. The first kappa shape index (κ1) is 26.2. The molecule has 39 heavy (non-hydrogen) atoms. The van der Waals surface area contributed by atoms with Crippen LogP contribution >= 0.6 is 11.8 Å². The van der Waals surface area contributed by atoms with Gasteiger partial charge in [-0.1, -0.05) is 6.92 Å². The Labute approximate surface area is 229 Å². The molecule has 1 aromatic rings. The number of thioether (sulfide) groups is 1. The van der Waals surface area contributed by atoms with Gasteiger partial charge in [-0.15, -0.1) is 16.9 Å². The SMILES string of the molecule is C[C@@H](NC(=O)Cn1cnnn1)[C@H]1C(=O)N2C(C(=O)O)=C(S[C@@H]3CN[C@H](C(=O)N4CC5CCNC5C4)C3)[C@H](C)[C@H]12. The Morgan fingerprint density at radius 3 is 2.82 bits per heavy atom. The minimum atomic E-state index is -1.14. The van der Waals surface area contributed by atoms with Crippen LogP contribution < -0.4 is 16.0 Å². The number of rotatable bonds is 8. The number of hydrogen-bond acceptors (Lipinski definition) is 10. The summed E-state index contributed by atoms with van der Waals surface area (Å²) < 4.78 is 1.29. The van der Waals surface area contributed by atoms with Gasteiger partial charge >= 0.3 is 5.97 Å². The molecule has 0 bridgehead atoms. The summed E-state index contributed by atoms with van der Waals surface area (Å²) in [4.78, 5) is 55.1. The average molecular weight is 560 g/mol. The molecule has 1 aromatic heterocycles. The van der Waals surface area contributed by atoms with Crippen LogP contribution in [-0.2, 0) is 25.7 Å². The summed E-state index contributed by atoms with van der Waals surface area (Å²) >= 11 is 1.47. The van der Waals surface area contributed by atoms with Crippen molar-refractivity contribution in [2.45, 2.75) is 62.7 Å². The highest BCUT2D eigenvalue weighted by Crippen LogP contribution is 2.52. The third kappa shape index (κ3) is 4.59. The first-order valence-electron chi connectivity index (χ1n) is 13.5. The van der Waals surface area contributed by atoms with Gasteiger partial charge in [0.15, 0.2) is 0 Å². The fourth-order valence-electron chi connectivity index (χ4n) is 6.90. The summed E-state index contributed by atoms with van der Waals surface area (Å²) in [6.45, 7) is 6.77. The molecule has 0 spiro atoms. The predicted octanol–water partition coefficient (Wildman–Crippen LogP) is -1.77. The van der Waals surface area contributed by atoms with Crippen molar-refractivity contribution in [3.8, 4) is 0 Å². The number of nitrogens with one attached hydrogen (secondary N) is 3. The van der Waals surface area contributed by atoms with Crippen molar-refractivity contribution in [3.63, 3.8) is 0 Å². The maximum Gasteiger partial charge on any atom is 0.353 e. The largest absolute Gasteiger partial charge is 0.477 e. The zero-order valence-corrected chi connectivity index (χ0v) is 22.6. The number of aromatic nitrogens is 4. The lowest BCUT2D eigenvalue weighted by atomic mass is 9.78. The van der Waals surface area contributed by atoms with E-state index in [2.05, 4.69) is 31.5 Å². The van der Waals surface area contributed by atoms with E-state index in [0.717, 1.165) is 26.1 Å². The molecule has 8 atom stereocenters. The van der Waals surface area contributed by atoms with E-state index < -0.39 is 17.9 Å². The molecule has 6 rings (SSSR count). The number of carbonyl (C=O) groups excluding carboxylic acids is 3. The molecule has 210 valence electrons. The summed E-state index contributed by atoms with van der Waals surface area (Å²) in [7, 11) is 0. The average Bonchev–Trinajstić information content (AvgIpc) is 3.69. The molecule has 14 nitrogen and oxygen atoms in total. The Morgan fingerprint density at radius 2 is 2.10 bits per heavy atom. The molecular weight excluding hydrogens is 526 g/mol. The van der Waals surface area contributed by atoms with Crippen LogP contribution in [0.15, 0.2) is 16.9 Å². The van der Waals surface area contributed by atoms with Crippen molar-refractivity contribution in [2.75, 3.05) is 26.2 Å². The highest BCUT2D eigenvalue weighted by Gasteiger charge is 2.60. The first-order valence-corrected chi connectivity index (χ1v) is 14.3. The molecular formula is C24H33N9O5S. The van der Waals surface area contributed by atoms with E-state index in [1.54, 1.807) is 6.92 Å². The number of likely N-dealkylation sites (tertiary alicyclic amines) is 1. The number of fused-ring (bicyclic) bond motifs is 2. The lowest BCUT2D eigenvalue weighted by Gasteiger charge is -2.47. The summed E-state index contributed by atoms with van der Waals surface area (Å²) in [5.74, 6) is -1.87. The Hall–Kier alpha value is -3.04. The molecule has 0 aromatic carbocycles. The molecule has 4 fully saturated rings. The molecule has 15 heteroatoms. The summed E-state index contributed by atoms with van der Waals surface area (Å²) in [5.41, 5.74) is 0.0270. The van der Waals surface area contributed by atoms with Crippen LogP contribution in [0.3, 0.4) is 0 Å². The maximum absolute atomic E-state index is 13.2. The van der Waals surface area contributed by atoms with Gasteiger partial charge in [0.2, 0.25) is 17.7 Å². The number of amides is 3. The number of tetrazole rings is 1. The van der Waals surface area contributed by atoms with Gasteiger partial charge in [-0.05, 0) is 42.7 Å². The molecule has 5 aliphatic heterocycles. The third-order valence-electron chi connectivity index (χ3n) is 8.77. The second-order valence-corrected chi connectivity index (χ2v) is 12.5. The van der Waals surface area contributed by atoms with Gasteiger partial charge in [-0.2, -0.15) is 0 Å². The molecule has 2 unspecified atom stereocenters. The monoisotopic (exact) mass is 559 g/mol. The van der Waals surface area contributed by atoms with Gasteiger partial charge in [0.05, 0.1) is 18.0 Å². The number of carbonyl (C=O) groups is 4. The number of β-lactam (4-membered cyclic amide) rings is 1. The van der Waals surface area contributed by atoms with Crippen molar-refractivity contribution >= 4 is 35.5 Å². The topological polar surface area (TPSA) is 175 Å². The minimum Gasteiger partial charge on any atom is -0.477 e. The van der Waals surface area contributed by atoms with Crippen molar-refractivity contribution in [2.24, 2.45) is 17.8 Å². The first-order chi connectivity index (χ1) is 18.7. The Kier molecular flexibility index (Phi) is 6.83. The molecule has 0 radical (unpaired) electrons. The smallest absolute Gasteiger partial charge is 0.353 e. The Morgan fingerprint density at radius 1 is 1.28 bits per heavy atom. The molecule has 4 saturated heterocycles. The van der Waals surface area contributed by atoms with E-state index in [4.69, 9.17) is 0 Å². The summed E-state index contributed by atoms with van der Waals surface area (Å²) in [6.07, 6.45) is 3.04. The van der Waals surface area contributed by atoms with Crippen LogP contribution in [0, 0.1) is 17.8 Å². The van der Waals surface area contributed by atoms with Gasteiger partial charge < -0.3 is 30.9 Å². The van der Waals surface area contributed by atoms with Crippen LogP contribution in [0.1, 0.15) is 26.7 Å². The zero-order valence-electron chi connectivity index (χ0n) is 21.8. The molecule has 4 N–H and O–H groups in total. The maximum atomic E-state index is 13.2. The molecule has 6 heterocycles. The normalized spacial score (nSPS) is 34.2. The van der Waals surface area contributed by atoms with E-state index >= 15 is 0 Å². The van der Waals surface area contributed by atoms with Crippen LogP contribution in [-0.4, -0.2) is 114 Å². The van der Waals surface area contributed by atoms with Crippen LogP contribution in [0.2, 0.25) is 0 Å². The summed E-state index contributed by atoms with van der Waals surface area (Å²) in [5, 5.41) is 30.4. The van der Waals surface area contributed by atoms with E-state index in [9.17, 15) is 24.3 Å². The fourth-order valence-corrected chi connectivity index (χ4v) is 8.37. The Balaban J connectivity index is 1.09. The van der Waals surface area contributed by atoms with E-state index in [1.807, 2.05) is 11.8 Å². The van der Waals surface area contributed by atoms with Crippen LogP contribution in [0.25, 0.3) is 0 Å². The standard InChI is InChI=1S/C24H33N9O5S/c1-11-19-18(12(2)28-17(34)9-32-10-27-29-30-32)23(36)33(19)20(24(37)38)21(11)39-14-5-15(26-6-14)22(35)31-7-13-3-4-25-16(13)8-31/h10-16,18-19,25-26H,3-9H2,1-2H3,(H,28,34)(H,37,38)/t11-,12-,13?,14+,15+,16?,18-,19-/m1/s1. The quantitative estimate of drug-likeness (QED) is 0.266.